The smallest absolute Gasteiger partial charge is 0.241 e. The van der Waals surface area contributed by atoms with E-state index in [2.05, 4.69) is 4.72 Å². The van der Waals surface area contributed by atoms with E-state index in [1.165, 1.54) is 19.2 Å². The molecule has 1 atom stereocenters. The molecule has 0 aromatic heterocycles. The zero-order valence-electron chi connectivity index (χ0n) is 13.9. The number of fused-ring (bicyclic) bond motifs is 1. The number of nitrogens with one attached hydrogen (secondary N) is 1. The van der Waals surface area contributed by atoms with Crippen molar-refractivity contribution in [3.8, 4) is 17.2 Å². The van der Waals surface area contributed by atoms with Crippen molar-refractivity contribution in [1.29, 1.82) is 0 Å². The molecule has 25 heavy (non-hydrogen) atoms. The zero-order valence-corrected chi connectivity index (χ0v) is 14.7. The van der Waals surface area contributed by atoms with Crippen molar-refractivity contribution < 1.29 is 27.4 Å². The van der Waals surface area contributed by atoms with Crippen molar-refractivity contribution in [3.05, 3.63) is 48.0 Å². The first-order valence-electron chi connectivity index (χ1n) is 7.58. The Balaban J connectivity index is 1.87. The van der Waals surface area contributed by atoms with Gasteiger partial charge in [-0.15, -0.1) is 0 Å². The maximum Gasteiger partial charge on any atom is 0.241 e. The van der Waals surface area contributed by atoms with Crippen LogP contribution < -0.4 is 18.9 Å². The highest BCUT2D eigenvalue weighted by molar-refractivity contribution is 7.89. The first-order chi connectivity index (χ1) is 12.0. The van der Waals surface area contributed by atoms with Crippen LogP contribution in [0.15, 0.2) is 47.4 Å². The number of hydrogen-bond acceptors (Lipinski definition) is 6. The van der Waals surface area contributed by atoms with Gasteiger partial charge in [0.25, 0.3) is 0 Å². The SMILES string of the molecule is COCC(NS(=O)(=O)c1ccc2c(c1)OCO2)c1cccc(OC)c1. The summed E-state index contributed by atoms with van der Waals surface area (Å²) in [6.07, 6.45) is 0. The van der Waals surface area contributed by atoms with E-state index < -0.39 is 16.1 Å². The molecule has 0 fully saturated rings. The van der Waals surface area contributed by atoms with Gasteiger partial charge in [-0.05, 0) is 29.8 Å². The summed E-state index contributed by atoms with van der Waals surface area (Å²) in [5.41, 5.74) is 0.741. The Hall–Kier alpha value is -2.29. The van der Waals surface area contributed by atoms with E-state index >= 15 is 0 Å². The van der Waals surface area contributed by atoms with E-state index in [0.29, 0.717) is 17.2 Å². The van der Waals surface area contributed by atoms with E-state index in [0.717, 1.165) is 5.56 Å². The topological polar surface area (TPSA) is 83.1 Å². The second kappa shape index (κ2) is 7.30. The first-order valence-corrected chi connectivity index (χ1v) is 9.06. The van der Waals surface area contributed by atoms with E-state index in [9.17, 15) is 8.42 Å². The van der Waals surface area contributed by atoms with Crippen LogP contribution in [0.1, 0.15) is 11.6 Å². The summed E-state index contributed by atoms with van der Waals surface area (Å²) in [7, 11) is -0.705. The third-order valence-corrected chi connectivity index (χ3v) is 5.25. The molecule has 0 saturated carbocycles. The van der Waals surface area contributed by atoms with Crippen LogP contribution in [0.2, 0.25) is 0 Å². The van der Waals surface area contributed by atoms with Crippen LogP contribution in [-0.2, 0) is 14.8 Å². The zero-order chi connectivity index (χ0) is 17.9. The van der Waals surface area contributed by atoms with Gasteiger partial charge in [0.1, 0.15) is 5.75 Å². The van der Waals surface area contributed by atoms with Crippen LogP contribution in [0.25, 0.3) is 0 Å². The van der Waals surface area contributed by atoms with Gasteiger partial charge in [-0.1, -0.05) is 12.1 Å². The lowest BCUT2D eigenvalue weighted by Gasteiger charge is -2.19. The standard InChI is InChI=1S/C17H19NO6S/c1-21-10-15(12-4-3-5-13(8-12)22-2)18-25(19,20)14-6-7-16-17(9-14)24-11-23-16/h3-9,15,18H,10-11H2,1-2H3. The number of hydrogen-bond donors (Lipinski definition) is 1. The van der Waals surface area contributed by atoms with Crippen LogP contribution in [0.5, 0.6) is 17.2 Å². The van der Waals surface area contributed by atoms with Crippen molar-refractivity contribution >= 4 is 10.0 Å². The highest BCUT2D eigenvalue weighted by Crippen LogP contribution is 2.34. The average Bonchev–Trinajstić information content (AvgIpc) is 3.09. The predicted octanol–water partition coefficient (Wildman–Crippen LogP) is 2.09. The van der Waals surface area contributed by atoms with Gasteiger partial charge in [0.05, 0.1) is 24.7 Å². The second-order valence-corrected chi connectivity index (χ2v) is 7.13. The summed E-state index contributed by atoms with van der Waals surface area (Å²) < 4.78 is 49.0. The number of benzene rings is 2. The summed E-state index contributed by atoms with van der Waals surface area (Å²) in [6, 6.07) is 11.1. The van der Waals surface area contributed by atoms with Crippen LogP contribution in [0.3, 0.4) is 0 Å². The minimum atomic E-state index is -3.78. The quantitative estimate of drug-likeness (QED) is 0.809. The van der Waals surface area contributed by atoms with Gasteiger partial charge < -0.3 is 18.9 Å². The Morgan fingerprint density at radius 2 is 1.92 bits per heavy atom. The molecule has 7 nitrogen and oxygen atoms in total. The first kappa shape index (κ1) is 17.5. The van der Waals surface area contributed by atoms with Crippen LogP contribution >= 0.6 is 0 Å². The Morgan fingerprint density at radius 1 is 1.12 bits per heavy atom. The van der Waals surface area contributed by atoms with Gasteiger partial charge in [0.2, 0.25) is 16.8 Å². The molecular weight excluding hydrogens is 346 g/mol. The molecule has 0 amide bonds. The molecule has 0 radical (unpaired) electrons. The van der Waals surface area contributed by atoms with E-state index in [1.807, 2.05) is 6.07 Å². The maximum absolute atomic E-state index is 12.8. The Kier molecular flexibility index (Phi) is 5.12. The second-order valence-electron chi connectivity index (χ2n) is 5.42. The van der Waals surface area contributed by atoms with Gasteiger partial charge in [-0.2, -0.15) is 0 Å². The number of rotatable bonds is 7. The molecule has 3 rings (SSSR count). The van der Waals surface area contributed by atoms with Crippen LogP contribution in [-0.4, -0.2) is 36.0 Å². The molecule has 1 aliphatic heterocycles. The van der Waals surface area contributed by atoms with Gasteiger partial charge in [-0.3, -0.25) is 0 Å². The molecular formula is C17H19NO6S. The molecule has 0 bridgehead atoms. The Bertz CT molecular complexity index is 852. The van der Waals surface area contributed by atoms with Gasteiger partial charge in [-0.25, -0.2) is 13.1 Å². The van der Waals surface area contributed by atoms with Crippen molar-refractivity contribution in [2.24, 2.45) is 0 Å². The molecule has 0 aliphatic carbocycles. The van der Waals surface area contributed by atoms with Crippen LogP contribution in [0, 0.1) is 0 Å². The summed E-state index contributed by atoms with van der Waals surface area (Å²) >= 11 is 0. The summed E-state index contributed by atoms with van der Waals surface area (Å²) in [6.45, 7) is 0.263. The molecule has 2 aromatic carbocycles. The lowest BCUT2D eigenvalue weighted by atomic mass is 10.1. The van der Waals surface area contributed by atoms with Crippen LogP contribution in [0.4, 0.5) is 0 Å². The lowest BCUT2D eigenvalue weighted by Crippen LogP contribution is -2.31. The average molecular weight is 365 g/mol. The lowest BCUT2D eigenvalue weighted by molar-refractivity contribution is 0.174. The molecule has 1 N–H and O–H groups in total. The van der Waals surface area contributed by atoms with Crippen molar-refractivity contribution in [2.45, 2.75) is 10.9 Å². The maximum atomic E-state index is 12.8. The number of methoxy groups -OCH3 is 2. The fraction of sp³-hybridized carbons (Fsp3) is 0.294. The minimum Gasteiger partial charge on any atom is -0.497 e. The monoisotopic (exact) mass is 365 g/mol. The van der Waals surface area contributed by atoms with Crippen molar-refractivity contribution in [1.82, 2.24) is 4.72 Å². The largest absolute Gasteiger partial charge is 0.497 e. The number of ether oxygens (including phenoxy) is 4. The molecule has 1 unspecified atom stereocenters. The molecule has 134 valence electrons. The predicted molar refractivity (Wildman–Crippen MR) is 90.5 cm³/mol. The Morgan fingerprint density at radius 3 is 2.68 bits per heavy atom. The third kappa shape index (κ3) is 3.87. The molecule has 1 heterocycles. The third-order valence-electron chi connectivity index (χ3n) is 3.78. The number of sulfonamides is 1. The summed E-state index contributed by atoms with van der Waals surface area (Å²) in [5.74, 6) is 1.58. The highest BCUT2D eigenvalue weighted by Gasteiger charge is 2.24. The van der Waals surface area contributed by atoms with E-state index in [4.69, 9.17) is 18.9 Å². The summed E-state index contributed by atoms with van der Waals surface area (Å²) in [5, 5.41) is 0. The highest BCUT2D eigenvalue weighted by atomic mass is 32.2. The molecule has 8 heteroatoms. The molecule has 1 aliphatic rings. The van der Waals surface area contributed by atoms with E-state index in [1.54, 1.807) is 31.4 Å². The molecule has 2 aromatic rings. The normalized spacial score (nSPS) is 14.3. The minimum absolute atomic E-state index is 0.0857. The van der Waals surface area contributed by atoms with Crippen molar-refractivity contribution in [3.63, 3.8) is 0 Å². The molecule has 0 spiro atoms. The van der Waals surface area contributed by atoms with Gasteiger partial charge >= 0.3 is 0 Å². The van der Waals surface area contributed by atoms with Gasteiger partial charge in [0, 0.05) is 13.2 Å². The fourth-order valence-electron chi connectivity index (χ4n) is 2.52. The Labute approximate surface area is 146 Å². The van der Waals surface area contributed by atoms with E-state index in [-0.39, 0.29) is 18.3 Å². The fourth-order valence-corrected chi connectivity index (χ4v) is 3.75. The van der Waals surface area contributed by atoms with Crippen molar-refractivity contribution in [2.75, 3.05) is 27.6 Å². The van der Waals surface area contributed by atoms with Gasteiger partial charge in [0.15, 0.2) is 11.5 Å². The summed E-state index contributed by atoms with van der Waals surface area (Å²) in [4.78, 5) is 0.0979. The molecule has 0 saturated heterocycles.